The number of ether oxygens (including phenoxy) is 1. The molecule has 0 atom stereocenters. The Morgan fingerprint density at radius 2 is 1.30 bits per heavy atom. The van der Waals surface area contributed by atoms with Crippen molar-refractivity contribution in [3.63, 3.8) is 0 Å². The van der Waals surface area contributed by atoms with Crippen LogP contribution in [0, 0.1) is 0 Å². The molecule has 0 heterocycles. The quantitative estimate of drug-likeness (QED) is 0.801. The predicted octanol–water partition coefficient (Wildman–Crippen LogP) is 3.62. The molecule has 104 valence electrons. The molecule has 0 saturated heterocycles. The van der Waals surface area contributed by atoms with E-state index in [-0.39, 0.29) is 0 Å². The number of carbonyl (C=O) groups is 1. The van der Waals surface area contributed by atoms with Gasteiger partial charge in [-0.05, 0) is 35.4 Å². The maximum atomic E-state index is 12.1. The number of halogens is 2. The van der Waals surface area contributed by atoms with Gasteiger partial charge in [-0.2, -0.15) is 0 Å². The average Bonchev–Trinajstić information content (AvgIpc) is 2.47. The van der Waals surface area contributed by atoms with E-state index in [2.05, 4.69) is 31.9 Å². The summed E-state index contributed by atoms with van der Waals surface area (Å²) in [6, 6.07) is 13.8. The molecule has 0 unspecified atom stereocenters. The number of hydrogen-bond acceptors (Lipinski definition) is 3. The van der Waals surface area contributed by atoms with Crippen molar-refractivity contribution in [1.29, 1.82) is 0 Å². The van der Waals surface area contributed by atoms with Crippen LogP contribution in [0.1, 0.15) is 11.1 Å². The monoisotopic (exact) mass is 398 g/mol. The molecular formula is C15H12Br2O3. The Morgan fingerprint density at radius 3 is 1.60 bits per heavy atom. The number of benzene rings is 2. The van der Waals surface area contributed by atoms with Gasteiger partial charge >= 0.3 is 5.97 Å². The number of esters is 1. The van der Waals surface area contributed by atoms with E-state index in [1.807, 2.05) is 0 Å². The van der Waals surface area contributed by atoms with Crippen molar-refractivity contribution in [2.24, 2.45) is 0 Å². The number of carbonyl (C=O) groups excluding carboxylic acids is 1. The third kappa shape index (κ3) is 2.80. The topological polar surface area (TPSA) is 46.5 Å². The second-order valence-corrected chi connectivity index (χ2v) is 6.05. The SMILES string of the molecule is COC(=O)C(O)(c1ccc(Br)cc1)c1ccc(Br)cc1. The van der Waals surface area contributed by atoms with Gasteiger partial charge in [0.1, 0.15) is 0 Å². The average molecular weight is 400 g/mol. The fraction of sp³-hybridized carbons (Fsp3) is 0.133. The summed E-state index contributed by atoms with van der Waals surface area (Å²) < 4.78 is 6.50. The molecule has 0 aromatic heterocycles. The molecule has 20 heavy (non-hydrogen) atoms. The van der Waals surface area contributed by atoms with E-state index >= 15 is 0 Å². The molecule has 2 rings (SSSR count). The molecule has 2 aromatic carbocycles. The number of methoxy groups -OCH3 is 1. The molecule has 0 spiro atoms. The van der Waals surface area contributed by atoms with Crippen LogP contribution >= 0.6 is 31.9 Å². The zero-order chi connectivity index (χ0) is 14.8. The van der Waals surface area contributed by atoms with Crippen molar-refractivity contribution >= 4 is 37.8 Å². The minimum absolute atomic E-state index is 0.454. The number of aliphatic hydroxyl groups is 1. The van der Waals surface area contributed by atoms with Crippen LogP contribution in [0.3, 0.4) is 0 Å². The normalized spacial score (nSPS) is 11.2. The Labute approximate surface area is 133 Å². The van der Waals surface area contributed by atoms with Crippen molar-refractivity contribution < 1.29 is 14.6 Å². The van der Waals surface area contributed by atoms with Gasteiger partial charge < -0.3 is 9.84 Å². The van der Waals surface area contributed by atoms with E-state index in [0.717, 1.165) is 8.95 Å². The molecule has 0 bridgehead atoms. The Hall–Kier alpha value is -1.17. The summed E-state index contributed by atoms with van der Waals surface area (Å²) in [7, 11) is 1.25. The molecule has 0 fully saturated rings. The lowest BCUT2D eigenvalue weighted by molar-refractivity contribution is -0.158. The van der Waals surface area contributed by atoms with Gasteiger partial charge in [-0.15, -0.1) is 0 Å². The van der Waals surface area contributed by atoms with Crippen molar-refractivity contribution in [2.45, 2.75) is 5.60 Å². The first-order valence-corrected chi connectivity index (χ1v) is 7.40. The zero-order valence-corrected chi connectivity index (χ0v) is 13.8. The predicted molar refractivity (Wildman–Crippen MR) is 83.3 cm³/mol. The first-order chi connectivity index (χ1) is 9.48. The van der Waals surface area contributed by atoms with Gasteiger partial charge in [0.15, 0.2) is 0 Å². The second-order valence-electron chi connectivity index (χ2n) is 4.22. The lowest BCUT2D eigenvalue weighted by Gasteiger charge is -2.26. The van der Waals surface area contributed by atoms with Gasteiger partial charge in [0, 0.05) is 8.95 Å². The highest BCUT2D eigenvalue weighted by Gasteiger charge is 2.41. The Balaban J connectivity index is 2.58. The molecule has 5 heteroatoms. The van der Waals surface area contributed by atoms with Crippen LogP contribution in [0.25, 0.3) is 0 Å². The minimum Gasteiger partial charge on any atom is -0.466 e. The van der Waals surface area contributed by atoms with Gasteiger partial charge in [0.2, 0.25) is 5.60 Å². The van der Waals surface area contributed by atoms with Crippen molar-refractivity contribution in [1.82, 2.24) is 0 Å². The van der Waals surface area contributed by atoms with Crippen molar-refractivity contribution in [3.05, 3.63) is 68.6 Å². The second kappa shape index (κ2) is 6.08. The van der Waals surface area contributed by atoms with Gasteiger partial charge in [-0.1, -0.05) is 56.1 Å². The standard InChI is InChI=1S/C15H12Br2O3/c1-20-14(18)15(19,10-2-6-12(16)7-3-10)11-4-8-13(17)9-5-11/h2-9,19H,1H3. The minimum atomic E-state index is -1.82. The molecule has 0 amide bonds. The molecule has 1 N–H and O–H groups in total. The van der Waals surface area contributed by atoms with Gasteiger partial charge in [-0.25, -0.2) is 4.79 Å². The smallest absolute Gasteiger partial charge is 0.347 e. The fourth-order valence-corrected chi connectivity index (χ4v) is 2.46. The molecule has 3 nitrogen and oxygen atoms in total. The van der Waals surface area contributed by atoms with Crippen LogP contribution in [0.5, 0.6) is 0 Å². The Morgan fingerprint density at radius 1 is 0.950 bits per heavy atom. The number of hydrogen-bond donors (Lipinski definition) is 1. The van der Waals surface area contributed by atoms with Gasteiger partial charge in [0.25, 0.3) is 0 Å². The zero-order valence-electron chi connectivity index (χ0n) is 10.6. The first-order valence-electron chi connectivity index (χ1n) is 5.81. The maximum Gasteiger partial charge on any atom is 0.347 e. The van der Waals surface area contributed by atoms with Crippen LogP contribution in [0.2, 0.25) is 0 Å². The highest BCUT2D eigenvalue weighted by atomic mass is 79.9. The van der Waals surface area contributed by atoms with Crippen molar-refractivity contribution in [2.75, 3.05) is 7.11 Å². The molecule has 2 aromatic rings. The van der Waals surface area contributed by atoms with Crippen molar-refractivity contribution in [3.8, 4) is 0 Å². The number of rotatable bonds is 3. The van der Waals surface area contributed by atoms with Crippen LogP contribution in [-0.2, 0) is 15.1 Å². The maximum absolute atomic E-state index is 12.1. The van der Waals surface area contributed by atoms with E-state index in [9.17, 15) is 9.90 Å². The van der Waals surface area contributed by atoms with Gasteiger partial charge in [0.05, 0.1) is 7.11 Å². The molecule has 0 aliphatic carbocycles. The van der Waals surface area contributed by atoms with E-state index in [0.29, 0.717) is 11.1 Å². The lowest BCUT2D eigenvalue weighted by atomic mass is 9.86. The van der Waals surface area contributed by atoms with E-state index < -0.39 is 11.6 Å². The molecule has 0 saturated carbocycles. The van der Waals surface area contributed by atoms with E-state index in [1.165, 1.54) is 7.11 Å². The third-order valence-electron chi connectivity index (χ3n) is 3.00. The Bertz CT molecular complexity index is 561. The van der Waals surface area contributed by atoms with E-state index in [4.69, 9.17) is 4.74 Å². The molecule has 0 aliphatic heterocycles. The first kappa shape index (κ1) is 15.2. The summed E-state index contributed by atoms with van der Waals surface area (Å²) in [5.41, 5.74) is -0.916. The van der Waals surface area contributed by atoms with Gasteiger partial charge in [-0.3, -0.25) is 0 Å². The summed E-state index contributed by atoms with van der Waals surface area (Å²) in [4.78, 5) is 12.1. The molecule has 0 aliphatic rings. The summed E-state index contributed by atoms with van der Waals surface area (Å²) in [5, 5.41) is 10.9. The summed E-state index contributed by atoms with van der Waals surface area (Å²) in [6.45, 7) is 0. The lowest BCUT2D eigenvalue weighted by Crippen LogP contribution is -2.38. The van der Waals surface area contributed by atoms with Crippen LogP contribution in [0.4, 0.5) is 0 Å². The summed E-state index contributed by atoms with van der Waals surface area (Å²) >= 11 is 6.66. The summed E-state index contributed by atoms with van der Waals surface area (Å²) in [6.07, 6.45) is 0. The summed E-state index contributed by atoms with van der Waals surface area (Å²) in [5.74, 6) is -0.720. The highest BCUT2D eigenvalue weighted by Crippen LogP contribution is 2.32. The van der Waals surface area contributed by atoms with E-state index in [1.54, 1.807) is 48.5 Å². The van der Waals surface area contributed by atoms with Crippen LogP contribution in [-0.4, -0.2) is 18.2 Å². The Kier molecular flexibility index (Phi) is 4.62. The van der Waals surface area contributed by atoms with Crippen LogP contribution < -0.4 is 0 Å². The van der Waals surface area contributed by atoms with Crippen LogP contribution in [0.15, 0.2) is 57.5 Å². The largest absolute Gasteiger partial charge is 0.466 e. The fourth-order valence-electron chi connectivity index (χ4n) is 1.93. The molecular weight excluding hydrogens is 388 g/mol. The molecule has 0 radical (unpaired) electrons. The highest BCUT2D eigenvalue weighted by molar-refractivity contribution is 9.10. The third-order valence-corrected chi connectivity index (χ3v) is 4.06.